The Bertz CT molecular complexity index is 550. The lowest BCUT2D eigenvalue weighted by atomic mass is 10.0. The van der Waals surface area contributed by atoms with Gasteiger partial charge in [-0.25, -0.2) is 4.79 Å². The van der Waals surface area contributed by atoms with E-state index >= 15 is 0 Å². The van der Waals surface area contributed by atoms with Crippen LogP contribution in [-0.2, 0) is 16.6 Å². The van der Waals surface area contributed by atoms with Crippen LogP contribution in [0.15, 0.2) is 12.3 Å². The van der Waals surface area contributed by atoms with Gasteiger partial charge in [-0.2, -0.15) is 0 Å². The van der Waals surface area contributed by atoms with Crippen molar-refractivity contribution in [3.63, 3.8) is 0 Å². The molecule has 0 unspecified atom stereocenters. The first-order valence-electron chi connectivity index (χ1n) is 6.37. The van der Waals surface area contributed by atoms with Crippen molar-refractivity contribution in [1.29, 1.82) is 0 Å². The topological polar surface area (TPSA) is 115 Å². The summed E-state index contributed by atoms with van der Waals surface area (Å²) in [5.74, 6) is -1.13. The molecule has 0 saturated heterocycles. The molecule has 0 saturated carbocycles. The summed E-state index contributed by atoms with van der Waals surface area (Å²) in [6.45, 7) is 3.58. The predicted molar refractivity (Wildman–Crippen MR) is 76.7 cm³/mol. The van der Waals surface area contributed by atoms with Crippen molar-refractivity contribution >= 4 is 23.6 Å². The average Bonchev–Trinajstić information content (AvgIpc) is 2.75. The third-order valence-corrected chi connectivity index (χ3v) is 2.93. The molecular weight excluding hydrogens is 276 g/mol. The number of methoxy groups -OCH3 is 1. The highest BCUT2D eigenvalue weighted by atomic mass is 16.5. The van der Waals surface area contributed by atoms with Crippen LogP contribution in [0.1, 0.15) is 24.3 Å². The lowest BCUT2D eigenvalue weighted by molar-refractivity contribution is -0.119. The fourth-order valence-electron chi connectivity index (χ4n) is 1.82. The summed E-state index contributed by atoms with van der Waals surface area (Å²) in [5, 5.41) is 5.09. The number of hydrogen-bond donors (Lipinski definition) is 3. The Morgan fingerprint density at radius 2 is 1.95 bits per heavy atom. The molecule has 0 aliphatic heterocycles. The predicted octanol–water partition coefficient (Wildman–Crippen LogP) is 0.443. The Balaban J connectivity index is 2.84. The Morgan fingerprint density at radius 3 is 2.38 bits per heavy atom. The molecule has 116 valence electrons. The van der Waals surface area contributed by atoms with Crippen LogP contribution >= 0.6 is 0 Å². The summed E-state index contributed by atoms with van der Waals surface area (Å²) >= 11 is 0. The Labute approximate surface area is 122 Å². The number of carbonyl (C=O) groups excluding carboxylic acids is 3. The first-order chi connectivity index (χ1) is 9.76. The summed E-state index contributed by atoms with van der Waals surface area (Å²) in [6, 6.07) is 0.713. The van der Waals surface area contributed by atoms with Crippen molar-refractivity contribution in [1.82, 2.24) is 9.88 Å². The molecule has 8 heteroatoms. The minimum atomic E-state index is -0.755. The molecule has 3 amide bonds. The number of nitrogens with one attached hydrogen (secondary N) is 2. The second kappa shape index (κ2) is 6.78. The van der Waals surface area contributed by atoms with Crippen LogP contribution < -0.4 is 16.4 Å². The zero-order chi connectivity index (χ0) is 16.2. The van der Waals surface area contributed by atoms with Gasteiger partial charge in [0.15, 0.2) is 0 Å². The van der Waals surface area contributed by atoms with E-state index in [-0.39, 0.29) is 11.6 Å². The van der Waals surface area contributed by atoms with E-state index < -0.39 is 23.9 Å². The number of amides is 3. The van der Waals surface area contributed by atoms with E-state index in [1.165, 1.54) is 17.7 Å². The standard InChI is InChI=1S/C13H20N4O4/c1-7(2)10(16-13(20)21-4)12(19)15-8-5-9(11(14)18)17(3)6-8/h5-7,10H,1-4H3,(H2,14,18)(H,15,19)(H,16,20)/t10-/m0/s1. The minimum Gasteiger partial charge on any atom is -0.453 e. The summed E-state index contributed by atoms with van der Waals surface area (Å²) < 4.78 is 6.00. The van der Waals surface area contributed by atoms with Gasteiger partial charge in [0.25, 0.3) is 5.91 Å². The van der Waals surface area contributed by atoms with Gasteiger partial charge in [0.1, 0.15) is 11.7 Å². The highest BCUT2D eigenvalue weighted by Crippen LogP contribution is 2.14. The van der Waals surface area contributed by atoms with Crippen LogP contribution in [0.2, 0.25) is 0 Å². The minimum absolute atomic E-state index is 0.136. The summed E-state index contributed by atoms with van der Waals surface area (Å²) in [4.78, 5) is 34.6. The van der Waals surface area contributed by atoms with Crippen LogP contribution in [0.3, 0.4) is 0 Å². The molecule has 1 aromatic rings. The molecule has 8 nitrogen and oxygen atoms in total. The van der Waals surface area contributed by atoms with Crippen molar-refractivity contribution in [2.24, 2.45) is 18.7 Å². The molecule has 21 heavy (non-hydrogen) atoms. The van der Waals surface area contributed by atoms with Crippen LogP contribution in [0.25, 0.3) is 0 Å². The van der Waals surface area contributed by atoms with Gasteiger partial charge in [-0.1, -0.05) is 13.8 Å². The van der Waals surface area contributed by atoms with Gasteiger partial charge >= 0.3 is 6.09 Å². The van der Waals surface area contributed by atoms with E-state index in [1.807, 2.05) is 0 Å². The molecule has 0 aliphatic carbocycles. The lowest BCUT2D eigenvalue weighted by Crippen LogP contribution is -2.47. The number of alkyl carbamates (subject to hydrolysis) is 1. The van der Waals surface area contributed by atoms with E-state index in [0.717, 1.165) is 0 Å². The molecule has 4 N–H and O–H groups in total. The number of rotatable bonds is 5. The van der Waals surface area contributed by atoms with Gasteiger partial charge in [0.2, 0.25) is 5.91 Å². The summed E-state index contributed by atoms with van der Waals surface area (Å²) in [6.07, 6.45) is 0.878. The number of hydrogen-bond acceptors (Lipinski definition) is 4. The van der Waals surface area contributed by atoms with Crippen LogP contribution in [0.5, 0.6) is 0 Å². The van der Waals surface area contributed by atoms with Crippen LogP contribution in [-0.4, -0.2) is 35.6 Å². The van der Waals surface area contributed by atoms with Crippen LogP contribution in [0.4, 0.5) is 10.5 Å². The zero-order valence-corrected chi connectivity index (χ0v) is 12.5. The van der Waals surface area contributed by atoms with Crippen molar-refractivity contribution in [3.8, 4) is 0 Å². The maximum absolute atomic E-state index is 12.2. The van der Waals surface area contributed by atoms with E-state index in [0.29, 0.717) is 5.69 Å². The van der Waals surface area contributed by atoms with Crippen molar-refractivity contribution < 1.29 is 19.1 Å². The largest absolute Gasteiger partial charge is 0.453 e. The zero-order valence-electron chi connectivity index (χ0n) is 12.5. The molecule has 0 aliphatic rings. The van der Waals surface area contributed by atoms with Crippen molar-refractivity contribution in [2.45, 2.75) is 19.9 Å². The monoisotopic (exact) mass is 296 g/mol. The number of nitrogens with two attached hydrogens (primary N) is 1. The maximum Gasteiger partial charge on any atom is 0.407 e. The Hall–Kier alpha value is -2.51. The third kappa shape index (κ3) is 4.23. The summed E-state index contributed by atoms with van der Waals surface area (Å²) in [5.41, 5.74) is 5.90. The molecular formula is C13H20N4O4. The number of aryl methyl sites for hydroxylation is 1. The third-order valence-electron chi connectivity index (χ3n) is 2.93. The fourth-order valence-corrected chi connectivity index (χ4v) is 1.82. The Morgan fingerprint density at radius 1 is 1.33 bits per heavy atom. The number of ether oxygens (including phenoxy) is 1. The normalized spacial score (nSPS) is 11.9. The average molecular weight is 296 g/mol. The number of aromatic nitrogens is 1. The van der Waals surface area contributed by atoms with Gasteiger partial charge in [-0.3, -0.25) is 9.59 Å². The molecule has 1 rings (SSSR count). The van der Waals surface area contributed by atoms with E-state index in [1.54, 1.807) is 27.1 Å². The molecule has 0 spiro atoms. The SMILES string of the molecule is COC(=O)N[C@H](C(=O)Nc1cc(C(N)=O)n(C)c1)C(C)C. The smallest absolute Gasteiger partial charge is 0.407 e. The van der Waals surface area contributed by atoms with E-state index in [9.17, 15) is 14.4 Å². The molecule has 0 aromatic carbocycles. The highest BCUT2D eigenvalue weighted by Gasteiger charge is 2.25. The van der Waals surface area contributed by atoms with Crippen molar-refractivity contribution in [3.05, 3.63) is 18.0 Å². The van der Waals surface area contributed by atoms with Crippen molar-refractivity contribution in [2.75, 3.05) is 12.4 Å². The highest BCUT2D eigenvalue weighted by molar-refractivity contribution is 5.98. The Kier molecular flexibility index (Phi) is 5.34. The first kappa shape index (κ1) is 16.5. The molecule has 0 fully saturated rings. The van der Waals surface area contributed by atoms with Gasteiger partial charge in [-0.05, 0) is 12.0 Å². The van der Waals surface area contributed by atoms with E-state index in [2.05, 4.69) is 15.4 Å². The summed E-state index contributed by atoms with van der Waals surface area (Å²) in [7, 11) is 2.86. The quantitative estimate of drug-likeness (QED) is 0.731. The van der Waals surface area contributed by atoms with Crippen LogP contribution in [0, 0.1) is 5.92 Å². The molecule has 1 heterocycles. The first-order valence-corrected chi connectivity index (χ1v) is 6.37. The lowest BCUT2D eigenvalue weighted by Gasteiger charge is -2.20. The molecule has 0 radical (unpaired) electrons. The second-order valence-corrected chi connectivity index (χ2v) is 4.94. The molecule has 1 atom stereocenters. The van der Waals surface area contributed by atoms with E-state index in [4.69, 9.17) is 5.73 Å². The number of carbonyl (C=O) groups is 3. The van der Waals surface area contributed by atoms with Gasteiger partial charge in [0, 0.05) is 13.2 Å². The van der Waals surface area contributed by atoms with Gasteiger partial charge in [0.05, 0.1) is 12.8 Å². The fraction of sp³-hybridized carbons (Fsp3) is 0.462. The number of anilines is 1. The molecule has 0 bridgehead atoms. The molecule has 1 aromatic heterocycles. The number of nitrogens with zero attached hydrogens (tertiary/aromatic N) is 1. The number of primary amides is 1. The van der Waals surface area contributed by atoms with Gasteiger partial charge < -0.3 is 25.7 Å². The maximum atomic E-state index is 12.2. The second-order valence-electron chi connectivity index (χ2n) is 4.94. The van der Waals surface area contributed by atoms with Gasteiger partial charge in [-0.15, -0.1) is 0 Å².